The zero-order valence-electron chi connectivity index (χ0n) is 22.2. The normalized spacial score (nSPS) is 17.5. The first-order valence-corrected chi connectivity index (χ1v) is 13.4. The Morgan fingerprint density at radius 3 is 2.35 bits per heavy atom. The van der Waals surface area contributed by atoms with Crippen LogP contribution in [0.4, 0.5) is 0 Å². The number of methoxy groups -OCH3 is 1. The van der Waals surface area contributed by atoms with Crippen LogP contribution in [0, 0.1) is 6.92 Å². The molecule has 1 aromatic heterocycles. The summed E-state index contributed by atoms with van der Waals surface area (Å²) in [5, 5.41) is 0. The van der Waals surface area contributed by atoms with Crippen molar-refractivity contribution < 1.29 is 4.74 Å². The van der Waals surface area contributed by atoms with Gasteiger partial charge in [0.15, 0.2) is 0 Å². The van der Waals surface area contributed by atoms with Crippen LogP contribution in [-0.4, -0.2) is 53.1 Å². The third-order valence-electron chi connectivity index (χ3n) is 7.65. The predicted molar refractivity (Wildman–Crippen MR) is 151 cm³/mol. The lowest BCUT2D eigenvalue weighted by Gasteiger charge is -2.44. The third kappa shape index (κ3) is 5.95. The number of aromatic amines is 1. The average molecular weight is 495 g/mol. The lowest BCUT2D eigenvalue weighted by Crippen LogP contribution is -2.49. The molecule has 1 aliphatic rings. The van der Waals surface area contributed by atoms with Gasteiger partial charge in [-0.15, -0.1) is 0 Å². The van der Waals surface area contributed by atoms with E-state index in [1.807, 2.05) is 6.07 Å². The fraction of sp³-hybridized carbons (Fsp3) is 0.344. The molecular weight excluding hydrogens is 456 g/mol. The van der Waals surface area contributed by atoms with Crippen molar-refractivity contribution in [1.82, 2.24) is 19.8 Å². The van der Waals surface area contributed by atoms with Crippen LogP contribution in [0.2, 0.25) is 0 Å². The molecule has 5 heteroatoms. The Morgan fingerprint density at radius 2 is 1.65 bits per heavy atom. The Balaban J connectivity index is 1.29. The minimum atomic E-state index is 0.223. The number of hydrogen-bond acceptors (Lipinski definition) is 4. The summed E-state index contributed by atoms with van der Waals surface area (Å²) in [6.07, 6.45) is 2.24. The van der Waals surface area contributed by atoms with Crippen LogP contribution in [0.15, 0.2) is 84.9 Å². The van der Waals surface area contributed by atoms with Gasteiger partial charge in [0.05, 0.1) is 18.8 Å². The zero-order valence-corrected chi connectivity index (χ0v) is 22.2. The summed E-state index contributed by atoms with van der Waals surface area (Å²) in [6, 6.07) is 30.4. The van der Waals surface area contributed by atoms with Crippen molar-refractivity contribution in [1.29, 1.82) is 0 Å². The number of aryl methyl sites for hydroxylation is 2. The molecule has 0 saturated carbocycles. The van der Waals surface area contributed by atoms with Gasteiger partial charge in [-0.2, -0.15) is 0 Å². The molecule has 2 atom stereocenters. The Morgan fingerprint density at radius 1 is 0.946 bits per heavy atom. The van der Waals surface area contributed by atoms with Crippen molar-refractivity contribution in [2.75, 3.05) is 33.3 Å². The highest BCUT2D eigenvalue weighted by atomic mass is 16.5. The van der Waals surface area contributed by atoms with E-state index in [2.05, 4.69) is 107 Å². The van der Waals surface area contributed by atoms with Gasteiger partial charge in [0.25, 0.3) is 0 Å². The molecule has 4 aromatic rings. The van der Waals surface area contributed by atoms with Crippen molar-refractivity contribution in [3.63, 3.8) is 0 Å². The number of benzene rings is 3. The summed E-state index contributed by atoms with van der Waals surface area (Å²) in [4.78, 5) is 13.9. The fourth-order valence-corrected chi connectivity index (χ4v) is 5.56. The molecule has 0 amide bonds. The summed E-state index contributed by atoms with van der Waals surface area (Å²) in [5.74, 6) is 1.87. The van der Waals surface area contributed by atoms with Crippen molar-refractivity contribution >= 4 is 0 Å². The molecular formula is C32H38N4O. The number of imidazole rings is 1. The van der Waals surface area contributed by atoms with E-state index in [1.54, 1.807) is 7.11 Å². The molecule has 2 unspecified atom stereocenters. The van der Waals surface area contributed by atoms with E-state index < -0.39 is 0 Å². The first-order valence-electron chi connectivity index (χ1n) is 13.4. The monoisotopic (exact) mass is 494 g/mol. The van der Waals surface area contributed by atoms with Gasteiger partial charge in [-0.1, -0.05) is 72.8 Å². The van der Waals surface area contributed by atoms with E-state index in [-0.39, 0.29) is 6.04 Å². The Kier molecular flexibility index (Phi) is 8.02. The highest BCUT2D eigenvalue weighted by molar-refractivity contribution is 5.55. The first kappa shape index (κ1) is 25.2. The molecule has 5 nitrogen and oxygen atoms in total. The lowest BCUT2D eigenvalue weighted by molar-refractivity contribution is 0.0427. The van der Waals surface area contributed by atoms with E-state index in [9.17, 15) is 0 Å². The number of H-pyrrole nitrogens is 1. The minimum Gasteiger partial charge on any atom is -0.497 e. The minimum absolute atomic E-state index is 0.223. The summed E-state index contributed by atoms with van der Waals surface area (Å²) >= 11 is 0. The maximum absolute atomic E-state index is 5.30. The second-order valence-electron chi connectivity index (χ2n) is 10.1. The Hall–Kier alpha value is -3.41. The first-order chi connectivity index (χ1) is 18.1. The summed E-state index contributed by atoms with van der Waals surface area (Å²) in [6.45, 7) is 8.70. The van der Waals surface area contributed by atoms with E-state index >= 15 is 0 Å². The topological polar surface area (TPSA) is 44.4 Å². The molecule has 0 spiro atoms. The average Bonchev–Trinajstić information content (AvgIpc) is 3.35. The van der Waals surface area contributed by atoms with E-state index in [4.69, 9.17) is 9.72 Å². The molecule has 3 aromatic carbocycles. The maximum Gasteiger partial charge on any atom is 0.137 e. The fourth-order valence-electron chi connectivity index (χ4n) is 5.56. The molecule has 5 rings (SSSR count). The predicted octanol–water partition coefficient (Wildman–Crippen LogP) is 6.45. The number of aromatic nitrogens is 2. The molecule has 1 saturated heterocycles. The van der Waals surface area contributed by atoms with Gasteiger partial charge in [0.2, 0.25) is 0 Å². The van der Waals surface area contributed by atoms with Crippen LogP contribution >= 0.6 is 0 Å². The number of hydrogen-bond donors (Lipinski definition) is 1. The van der Waals surface area contributed by atoms with Gasteiger partial charge >= 0.3 is 0 Å². The largest absolute Gasteiger partial charge is 0.497 e. The van der Waals surface area contributed by atoms with Crippen molar-refractivity contribution in [3.8, 4) is 17.1 Å². The summed E-state index contributed by atoms with van der Waals surface area (Å²) in [5.41, 5.74) is 6.18. The van der Waals surface area contributed by atoms with Gasteiger partial charge in [-0.05, 0) is 56.5 Å². The van der Waals surface area contributed by atoms with Gasteiger partial charge < -0.3 is 14.6 Å². The van der Waals surface area contributed by atoms with Gasteiger partial charge in [-0.3, -0.25) is 4.90 Å². The third-order valence-corrected chi connectivity index (χ3v) is 7.65. The quantitative estimate of drug-likeness (QED) is 0.291. The van der Waals surface area contributed by atoms with Gasteiger partial charge in [0, 0.05) is 36.9 Å². The van der Waals surface area contributed by atoms with Gasteiger partial charge in [0.1, 0.15) is 11.6 Å². The summed E-state index contributed by atoms with van der Waals surface area (Å²) in [7, 11) is 1.72. The molecule has 0 radical (unpaired) electrons. The molecule has 0 aliphatic carbocycles. The molecule has 0 bridgehead atoms. The van der Waals surface area contributed by atoms with Crippen LogP contribution < -0.4 is 4.74 Å². The van der Waals surface area contributed by atoms with Crippen LogP contribution in [0.1, 0.15) is 47.9 Å². The lowest BCUT2D eigenvalue weighted by atomic mass is 9.98. The SMILES string of the molecule is COc1ccc(CCCN2CCN(C(C)c3nc(-c4ccccc4)[nH]c3C)C(c3ccccc3)C2)cc1. The Labute approximate surface area is 221 Å². The zero-order chi connectivity index (χ0) is 25.6. The standard InChI is InChI=1S/C32H38N4O/c1-24-31(34-32(33-24)28-14-8-5-9-15-28)25(2)36-22-21-35(23-30(36)27-12-6-4-7-13-27)20-10-11-26-16-18-29(37-3)19-17-26/h4-9,12-19,25,30H,10-11,20-23H2,1-3H3,(H,33,34). The second-order valence-corrected chi connectivity index (χ2v) is 10.1. The van der Waals surface area contributed by atoms with Crippen LogP contribution in [-0.2, 0) is 6.42 Å². The molecule has 1 fully saturated rings. The molecule has 1 N–H and O–H groups in total. The van der Waals surface area contributed by atoms with Crippen LogP contribution in [0.3, 0.4) is 0 Å². The maximum atomic E-state index is 5.30. The number of nitrogens with zero attached hydrogens (tertiary/aromatic N) is 3. The Bertz CT molecular complexity index is 1250. The van der Waals surface area contributed by atoms with Crippen LogP contribution in [0.5, 0.6) is 5.75 Å². The van der Waals surface area contributed by atoms with E-state index in [0.29, 0.717) is 6.04 Å². The van der Waals surface area contributed by atoms with E-state index in [0.717, 1.165) is 67.5 Å². The van der Waals surface area contributed by atoms with Gasteiger partial charge in [-0.25, -0.2) is 4.98 Å². The van der Waals surface area contributed by atoms with Crippen molar-refractivity contribution in [2.24, 2.45) is 0 Å². The van der Waals surface area contributed by atoms with E-state index in [1.165, 1.54) is 11.1 Å². The number of nitrogens with one attached hydrogen (secondary N) is 1. The van der Waals surface area contributed by atoms with Crippen molar-refractivity contribution in [2.45, 2.75) is 38.8 Å². The van der Waals surface area contributed by atoms with Crippen LogP contribution in [0.25, 0.3) is 11.4 Å². The molecule has 192 valence electrons. The summed E-state index contributed by atoms with van der Waals surface area (Å²) < 4.78 is 5.30. The highest BCUT2D eigenvalue weighted by Gasteiger charge is 2.33. The second kappa shape index (κ2) is 11.8. The number of rotatable bonds is 9. The highest BCUT2D eigenvalue weighted by Crippen LogP contribution is 2.35. The smallest absolute Gasteiger partial charge is 0.137 e. The molecule has 1 aliphatic heterocycles. The van der Waals surface area contributed by atoms with Crippen molar-refractivity contribution in [3.05, 3.63) is 107 Å². The molecule has 37 heavy (non-hydrogen) atoms. The molecule has 2 heterocycles. The number of piperazine rings is 1. The number of ether oxygens (including phenoxy) is 1.